The molecule has 18 heavy (non-hydrogen) atoms. The summed E-state index contributed by atoms with van der Waals surface area (Å²) in [5.74, 6) is 0.971. The third-order valence-electron chi connectivity index (χ3n) is 2.70. The van der Waals surface area contributed by atoms with Gasteiger partial charge in [0.25, 0.3) is 0 Å². The molecule has 0 unspecified atom stereocenters. The number of nitrogens with zero attached hydrogens (tertiary/aromatic N) is 2. The summed E-state index contributed by atoms with van der Waals surface area (Å²) in [7, 11) is -3.29. The van der Waals surface area contributed by atoms with Gasteiger partial charge in [0, 0.05) is 30.2 Å². The Labute approximate surface area is 111 Å². The molecule has 1 heterocycles. The molecule has 0 amide bonds. The number of alkyl halides is 1. The summed E-state index contributed by atoms with van der Waals surface area (Å²) in [5, 5.41) is 0. The van der Waals surface area contributed by atoms with E-state index in [0.29, 0.717) is 5.56 Å². The molecule has 96 valence electrons. The first-order valence-electron chi connectivity index (χ1n) is 5.33. The largest absolute Gasteiger partial charge is 0.304 e. The van der Waals surface area contributed by atoms with Gasteiger partial charge in [-0.1, -0.05) is 6.07 Å². The van der Waals surface area contributed by atoms with E-state index >= 15 is 0 Å². The third-order valence-corrected chi connectivity index (χ3v) is 4.17. The smallest absolute Gasteiger partial charge is 0.175 e. The zero-order valence-corrected chi connectivity index (χ0v) is 11.7. The molecule has 0 bridgehead atoms. The average molecular weight is 285 g/mol. The van der Waals surface area contributed by atoms with Gasteiger partial charge in [-0.25, -0.2) is 13.4 Å². The second-order valence-corrected chi connectivity index (χ2v) is 6.29. The van der Waals surface area contributed by atoms with E-state index in [0.717, 1.165) is 11.5 Å². The molecule has 0 N–H and O–H groups in total. The molecule has 0 fully saturated rings. The Morgan fingerprint density at radius 1 is 1.39 bits per heavy atom. The molecule has 2 aromatic rings. The number of halogens is 1. The average Bonchev–Trinajstić information content (AvgIpc) is 2.73. The van der Waals surface area contributed by atoms with E-state index in [1.165, 1.54) is 6.26 Å². The molecule has 2 rings (SSSR count). The molecule has 0 aliphatic heterocycles. The maximum absolute atomic E-state index is 11.7. The minimum atomic E-state index is -3.29. The van der Waals surface area contributed by atoms with Crippen LogP contribution in [0.1, 0.15) is 11.4 Å². The van der Waals surface area contributed by atoms with Crippen molar-refractivity contribution in [2.24, 2.45) is 0 Å². The van der Waals surface area contributed by atoms with Crippen molar-refractivity contribution in [3.63, 3.8) is 0 Å². The van der Waals surface area contributed by atoms with Gasteiger partial charge in [0.05, 0.1) is 4.90 Å². The van der Waals surface area contributed by atoms with Crippen LogP contribution in [-0.2, 0) is 15.7 Å². The van der Waals surface area contributed by atoms with Crippen LogP contribution < -0.4 is 0 Å². The van der Waals surface area contributed by atoms with Crippen molar-refractivity contribution in [1.82, 2.24) is 9.55 Å². The SMILES string of the molecule is Cc1nccn1-c1ccc(CCl)c(S(C)(=O)=O)c1. The fraction of sp³-hybridized carbons (Fsp3) is 0.250. The molecular formula is C12H13ClN2O2S. The lowest BCUT2D eigenvalue weighted by molar-refractivity contribution is 0.601. The van der Waals surface area contributed by atoms with Crippen molar-refractivity contribution in [1.29, 1.82) is 0 Å². The summed E-state index contributed by atoms with van der Waals surface area (Å²) >= 11 is 5.76. The monoisotopic (exact) mass is 284 g/mol. The number of benzene rings is 1. The van der Waals surface area contributed by atoms with E-state index in [9.17, 15) is 8.42 Å². The van der Waals surface area contributed by atoms with E-state index in [2.05, 4.69) is 4.98 Å². The normalized spacial score (nSPS) is 11.7. The van der Waals surface area contributed by atoms with Gasteiger partial charge in [-0.05, 0) is 24.6 Å². The van der Waals surface area contributed by atoms with Gasteiger partial charge in [-0.2, -0.15) is 0 Å². The van der Waals surface area contributed by atoms with Crippen LogP contribution in [0.25, 0.3) is 5.69 Å². The zero-order chi connectivity index (χ0) is 13.3. The second kappa shape index (κ2) is 4.74. The van der Waals surface area contributed by atoms with Gasteiger partial charge in [0.15, 0.2) is 9.84 Å². The number of rotatable bonds is 3. The van der Waals surface area contributed by atoms with Crippen LogP contribution in [0.15, 0.2) is 35.5 Å². The molecule has 0 aliphatic rings. The summed E-state index contributed by atoms with van der Waals surface area (Å²) in [5.41, 5.74) is 1.37. The highest BCUT2D eigenvalue weighted by molar-refractivity contribution is 7.90. The molecule has 0 spiro atoms. The molecule has 0 atom stereocenters. The molecule has 1 aromatic heterocycles. The predicted octanol–water partition coefficient (Wildman–Crippen LogP) is 2.32. The highest BCUT2D eigenvalue weighted by Crippen LogP contribution is 2.22. The standard InChI is InChI=1S/C12H13ClN2O2S/c1-9-14-5-6-15(9)11-4-3-10(8-13)12(7-11)18(2,16)17/h3-7H,8H2,1-2H3. The lowest BCUT2D eigenvalue weighted by Crippen LogP contribution is -2.04. The maximum Gasteiger partial charge on any atom is 0.175 e. The second-order valence-electron chi connectivity index (χ2n) is 4.04. The molecule has 1 aromatic carbocycles. The lowest BCUT2D eigenvalue weighted by Gasteiger charge is -2.10. The highest BCUT2D eigenvalue weighted by atomic mass is 35.5. The molecule has 0 saturated carbocycles. The fourth-order valence-electron chi connectivity index (χ4n) is 1.80. The Balaban J connectivity index is 2.64. The summed E-state index contributed by atoms with van der Waals surface area (Å²) in [6.45, 7) is 1.86. The van der Waals surface area contributed by atoms with Gasteiger partial charge < -0.3 is 4.57 Å². The van der Waals surface area contributed by atoms with Crippen LogP contribution in [0.4, 0.5) is 0 Å². The van der Waals surface area contributed by atoms with Crippen LogP contribution in [0.2, 0.25) is 0 Å². The number of imidazole rings is 1. The molecule has 0 saturated heterocycles. The number of sulfone groups is 1. The quantitative estimate of drug-likeness (QED) is 0.813. The first kappa shape index (κ1) is 13.1. The topological polar surface area (TPSA) is 52.0 Å². The summed E-state index contributed by atoms with van der Waals surface area (Å²) in [4.78, 5) is 4.38. The maximum atomic E-state index is 11.7. The fourth-order valence-corrected chi connectivity index (χ4v) is 3.06. The minimum absolute atomic E-state index is 0.172. The van der Waals surface area contributed by atoms with Crippen LogP contribution in [0.5, 0.6) is 0 Å². The number of aromatic nitrogens is 2. The van der Waals surface area contributed by atoms with Crippen molar-refractivity contribution in [2.75, 3.05) is 6.26 Å². The van der Waals surface area contributed by atoms with Gasteiger partial charge in [-0.15, -0.1) is 11.6 Å². The summed E-state index contributed by atoms with van der Waals surface area (Å²) in [6, 6.07) is 5.20. The summed E-state index contributed by atoms with van der Waals surface area (Å²) in [6.07, 6.45) is 4.64. The summed E-state index contributed by atoms with van der Waals surface area (Å²) < 4.78 is 25.3. The van der Waals surface area contributed by atoms with Crippen molar-refractivity contribution in [3.05, 3.63) is 42.0 Å². The Kier molecular flexibility index (Phi) is 3.45. The predicted molar refractivity (Wildman–Crippen MR) is 71.0 cm³/mol. The molecule has 0 aliphatic carbocycles. The van der Waals surface area contributed by atoms with Crippen LogP contribution in [0.3, 0.4) is 0 Å². The molecule has 6 heteroatoms. The van der Waals surface area contributed by atoms with Crippen LogP contribution >= 0.6 is 11.6 Å². The lowest BCUT2D eigenvalue weighted by atomic mass is 10.2. The first-order chi connectivity index (χ1) is 8.43. The van der Waals surface area contributed by atoms with E-state index in [1.54, 1.807) is 24.5 Å². The first-order valence-corrected chi connectivity index (χ1v) is 7.75. The number of aryl methyl sites for hydroxylation is 1. The Hall–Kier alpha value is -1.33. The zero-order valence-electron chi connectivity index (χ0n) is 10.1. The number of hydrogen-bond donors (Lipinski definition) is 0. The van der Waals surface area contributed by atoms with Crippen molar-refractivity contribution < 1.29 is 8.42 Å². The minimum Gasteiger partial charge on any atom is -0.304 e. The Morgan fingerprint density at radius 3 is 2.61 bits per heavy atom. The van der Waals surface area contributed by atoms with E-state index in [-0.39, 0.29) is 10.8 Å². The van der Waals surface area contributed by atoms with Gasteiger partial charge in [-0.3, -0.25) is 0 Å². The van der Waals surface area contributed by atoms with Crippen LogP contribution in [-0.4, -0.2) is 24.2 Å². The van der Waals surface area contributed by atoms with Crippen LogP contribution in [0, 0.1) is 6.92 Å². The van der Waals surface area contributed by atoms with E-state index in [1.807, 2.05) is 17.6 Å². The molecular weight excluding hydrogens is 272 g/mol. The van der Waals surface area contributed by atoms with Gasteiger partial charge >= 0.3 is 0 Å². The number of hydrogen-bond acceptors (Lipinski definition) is 3. The van der Waals surface area contributed by atoms with Crippen molar-refractivity contribution in [2.45, 2.75) is 17.7 Å². The van der Waals surface area contributed by atoms with E-state index in [4.69, 9.17) is 11.6 Å². The molecule has 0 radical (unpaired) electrons. The van der Waals surface area contributed by atoms with Gasteiger partial charge in [0.2, 0.25) is 0 Å². The Morgan fingerprint density at radius 2 is 2.11 bits per heavy atom. The van der Waals surface area contributed by atoms with Gasteiger partial charge in [0.1, 0.15) is 5.82 Å². The third kappa shape index (κ3) is 2.42. The Bertz CT molecular complexity index is 677. The van der Waals surface area contributed by atoms with Crippen molar-refractivity contribution >= 4 is 21.4 Å². The van der Waals surface area contributed by atoms with E-state index < -0.39 is 9.84 Å². The highest BCUT2D eigenvalue weighted by Gasteiger charge is 2.14. The molecule has 4 nitrogen and oxygen atoms in total. The van der Waals surface area contributed by atoms with Crippen molar-refractivity contribution in [3.8, 4) is 5.69 Å².